The Labute approximate surface area is 186 Å². The molecule has 0 atom stereocenters. The standard InChI is InChI=1S/C21H25N3O5S2/c1-4-5-12-24-16-8-6-7-9-19(16)31(26,27)23-21(24)30-14-20(25)22-15-10-11-17(28-2)18(13-15)29-3/h6-11,13H,4-5,12,14H2,1-3H3,(H,22,25). The molecule has 0 bridgehead atoms. The number of thioether (sulfide) groups is 1. The summed E-state index contributed by atoms with van der Waals surface area (Å²) >= 11 is 1.10. The lowest BCUT2D eigenvalue weighted by Crippen LogP contribution is -2.35. The van der Waals surface area contributed by atoms with E-state index in [-0.39, 0.29) is 16.6 Å². The summed E-state index contributed by atoms with van der Waals surface area (Å²) in [6.07, 6.45) is 1.81. The van der Waals surface area contributed by atoms with Crippen LogP contribution in [0.15, 0.2) is 51.8 Å². The van der Waals surface area contributed by atoms with Crippen LogP contribution < -0.4 is 19.7 Å². The van der Waals surface area contributed by atoms with Gasteiger partial charge in [-0.1, -0.05) is 37.2 Å². The Morgan fingerprint density at radius 1 is 1.13 bits per heavy atom. The molecular formula is C21H25N3O5S2. The number of amidine groups is 1. The highest BCUT2D eigenvalue weighted by Crippen LogP contribution is 2.34. The van der Waals surface area contributed by atoms with E-state index in [1.165, 1.54) is 14.2 Å². The fourth-order valence-corrected chi connectivity index (χ4v) is 5.36. The van der Waals surface area contributed by atoms with E-state index in [4.69, 9.17) is 9.47 Å². The topological polar surface area (TPSA) is 97.3 Å². The first-order chi connectivity index (χ1) is 14.9. The molecule has 3 rings (SSSR count). The fraction of sp³-hybridized carbons (Fsp3) is 0.333. The number of nitrogens with zero attached hydrogens (tertiary/aromatic N) is 2. The summed E-state index contributed by atoms with van der Waals surface area (Å²) in [6.45, 7) is 2.68. The Bertz CT molecular complexity index is 1090. The lowest BCUT2D eigenvalue weighted by molar-refractivity contribution is -0.113. The summed E-state index contributed by atoms with van der Waals surface area (Å²) in [5, 5.41) is 3.09. The number of amides is 1. The van der Waals surface area contributed by atoms with E-state index >= 15 is 0 Å². The molecule has 1 aliphatic rings. The zero-order chi connectivity index (χ0) is 22.4. The van der Waals surface area contributed by atoms with Gasteiger partial charge in [0, 0.05) is 18.3 Å². The summed E-state index contributed by atoms with van der Waals surface area (Å²) in [5.41, 5.74) is 1.14. The zero-order valence-electron chi connectivity index (χ0n) is 17.6. The minimum absolute atomic E-state index is 0.00743. The maximum atomic E-state index is 12.6. The normalized spacial score (nSPS) is 14.4. The number of para-hydroxylation sites is 1. The SMILES string of the molecule is CCCCN1C(SCC(=O)Nc2ccc(OC)c(OC)c2)=NS(=O)(=O)c2ccccc21. The van der Waals surface area contributed by atoms with Gasteiger partial charge in [-0.3, -0.25) is 4.79 Å². The van der Waals surface area contributed by atoms with Crippen molar-refractivity contribution in [2.45, 2.75) is 24.7 Å². The summed E-state index contributed by atoms with van der Waals surface area (Å²) in [5.74, 6) is 0.777. The molecule has 10 heteroatoms. The maximum absolute atomic E-state index is 12.6. The summed E-state index contributed by atoms with van der Waals surface area (Å²) in [4.78, 5) is 14.6. The van der Waals surface area contributed by atoms with E-state index < -0.39 is 10.0 Å². The Balaban J connectivity index is 1.75. The van der Waals surface area contributed by atoms with Crippen molar-refractivity contribution in [3.63, 3.8) is 0 Å². The lowest BCUT2D eigenvalue weighted by atomic mass is 10.2. The molecule has 0 radical (unpaired) electrons. The van der Waals surface area contributed by atoms with Crippen LogP contribution in [0.2, 0.25) is 0 Å². The van der Waals surface area contributed by atoms with Crippen LogP contribution in [0.4, 0.5) is 11.4 Å². The molecule has 31 heavy (non-hydrogen) atoms. The van der Waals surface area contributed by atoms with Gasteiger partial charge in [0.25, 0.3) is 10.0 Å². The van der Waals surface area contributed by atoms with Crippen LogP contribution in [0.5, 0.6) is 11.5 Å². The molecule has 1 aliphatic heterocycles. The first kappa shape index (κ1) is 23.0. The number of ether oxygens (including phenoxy) is 2. The molecule has 0 saturated carbocycles. The van der Waals surface area contributed by atoms with E-state index in [1.54, 1.807) is 42.5 Å². The largest absolute Gasteiger partial charge is 0.493 e. The lowest BCUT2D eigenvalue weighted by Gasteiger charge is -2.30. The highest BCUT2D eigenvalue weighted by atomic mass is 32.2. The van der Waals surface area contributed by atoms with Gasteiger partial charge in [0.2, 0.25) is 5.91 Å². The molecule has 1 heterocycles. The number of anilines is 2. The molecule has 0 unspecified atom stereocenters. The van der Waals surface area contributed by atoms with Crippen LogP contribution in [0.3, 0.4) is 0 Å². The van der Waals surface area contributed by atoms with Gasteiger partial charge in [-0.2, -0.15) is 8.42 Å². The van der Waals surface area contributed by atoms with Crippen molar-refractivity contribution in [3.8, 4) is 11.5 Å². The molecule has 0 saturated heterocycles. The van der Waals surface area contributed by atoms with Gasteiger partial charge in [-0.15, -0.1) is 4.40 Å². The molecule has 2 aromatic rings. The van der Waals surface area contributed by atoms with Gasteiger partial charge < -0.3 is 19.7 Å². The number of hydrogen-bond acceptors (Lipinski definition) is 7. The van der Waals surface area contributed by atoms with E-state index in [9.17, 15) is 13.2 Å². The number of methoxy groups -OCH3 is 2. The average Bonchev–Trinajstić information content (AvgIpc) is 2.77. The maximum Gasteiger partial charge on any atom is 0.286 e. The Hall–Kier alpha value is -2.72. The highest BCUT2D eigenvalue weighted by Gasteiger charge is 2.30. The van der Waals surface area contributed by atoms with Crippen LogP contribution in [-0.4, -0.2) is 46.0 Å². The molecule has 0 fully saturated rings. The van der Waals surface area contributed by atoms with Gasteiger partial charge >= 0.3 is 0 Å². The van der Waals surface area contributed by atoms with E-state index in [0.717, 1.165) is 24.6 Å². The van der Waals surface area contributed by atoms with Gasteiger partial charge in [0.15, 0.2) is 16.7 Å². The number of rotatable bonds is 8. The van der Waals surface area contributed by atoms with Gasteiger partial charge in [-0.25, -0.2) is 0 Å². The predicted octanol–water partition coefficient (Wildman–Crippen LogP) is 3.74. The van der Waals surface area contributed by atoms with Gasteiger partial charge in [0.1, 0.15) is 4.90 Å². The minimum atomic E-state index is -3.81. The van der Waals surface area contributed by atoms with Gasteiger partial charge in [0.05, 0.1) is 25.7 Å². The second-order valence-electron chi connectivity index (χ2n) is 6.73. The summed E-state index contributed by atoms with van der Waals surface area (Å²) in [6, 6.07) is 11.9. The Kier molecular flexibility index (Phi) is 7.45. The third-order valence-electron chi connectivity index (χ3n) is 4.60. The van der Waals surface area contributed by atoms with Crippen molar-refractivity contribution in [3.05, 3.63) is 42.5 Å². The van der Waals surface area contributed by atoms with Crippen LogP contribution in [-0.2, 0) is 14.8 Å². The molecule has 0 aromatic heterocycles. The Morgan fingerprint density at radius 3 is 2.58 bits per heavy atom. The number of unbranched alkanes of at least 4 members (excludes halogenated alkanes) is 1. The third kappa shape index (κ3) is 5.31. The van der Waals surface area contributed by atoms with Gasteiger partial charge in [-0.05, 0) is 30.7 Å². The second kappa shape index (κ2) is 10.1. The van der Waals surface area contributed by atoms with E-state index in [0.29, 0.717) is 34.6 Å². The van der Waals surface area contributed by atoms with E-state index in [2.05, 4.69) is 16.6 Å². The van der Waals surface area contributed by atoms with Crippen LogP contribution in [0.25, 0.3) is 0 Å². The molecule has 0 spiro atoms. The number of carbonyl (C=O) groups excluding carboxylic acids is 1. The molecule has 1 N–H and O–H groups in total. The Morgan fingerprint density at radius 2 is 1.87 bits per heavy atom. The minimum Gasteiger partial charge on any atom is -0.493 e. The van der Waals surface area contributed by atoms with Crippen molar-refractivity contribution in [1.29, 1.82) is 0 Å². The smallest absolute Gasteiger partial charge is 0.286 e. The molecular weight excluding hydrogens is 438 g/mol. The van der Waals surface area contributed by atoms with Crippen molar-refractivity contribution in [2.75, 3.05) is 36.7 Å². The van der Waals surface area contributed by atoms with Crippen LogP contribution >= 0.6 is 11.8 Å². The number of sulfonamides is 1. The molecule has 1 amide bonds. The number of benzene rings is 2. The number of hydrogen-bond donors (Lipinski definition) is 1. The first-order valence-electron chi connectivity index (χ1n) is 9.75. The third-order valence-corrected chi connectivity index (χ3v) is 7.00. The van der Waals surface area contributed by atoms with Crippen LogP contribution in [0.1, 0.15) is 19.8 Å². The van der Waals surface area contributed by atoms with Crippen molar-refractivity contribution in [1.82, 2.24) is 0 Å². The fourth-order valence-electron chi connectivity index (χ4n) is 3.08. The quantitative estimate of drug-likeness (QED) is 0.637. The number of carbonyl (C=O) groups is 1. The molecule has 0 aliphatic carbocycles. The number of nitrogens with one attached hydrogen (secondary N) is 1. The zero-order valence-corrected chi connectivity index (χ0v) is 19.3. The second-order valence-corrected chi connectivity index (χ2v) is 9.24. The number of fused-ring (bicyclic) bond motifs is 1. The van der Waals surface area contributed by atoms with E-state index in [1.807, 2.05) is 4.90 Å². The molecule has 2 aromatic carbocycles. The average molecular weight is 464 g/mol. The molecule has 8 nitrogen and oxygen atoms in total. The molecule has 166 valence electrons. The highest BCUT2D eigenvalue weighted by molar-refractivity contribution is 8.15. The van der Waals surface area contributed by atoms with Crippen molar-refractivity contribution in [2.24, 2.45) is 4.40 Å². The first-order valence-corrected chi connectivity index (χ1v) is 12.2. The van der Waals surface area contributed by atoms with Crippen molar-refractivity contribution >= 4 is 44.2 Å². The predicted molar refractivity (Wildman–Crippen MR) is 124 cm³/mol. The summed E-state index contributed by atoms with van der Waals surface area (Å²) < 4.78 is 39.7. The monoisotopic (exact) mass is 463 g/mol. The summed E-state index contributed by atoms with van der Waals surface area (Å²) in [7, 11) is -0.756. The van der Waals surface area contributed by atoms with Crippen molar-refractivity contribution < 1.29 is 22.7 Å². The van der Waals surface area contributed by atoms with Crippen LogP contribution in [0, 0.1) is 0 Å².